The van der Waals surface area contributed by atoms with Crippen LogP contribution in [0, 0.1) is 5.41 Å². The Morgan fingerprint density at radius 3 is 2.50 bits per heavy atom. The van der Waals surface area contributed by atoms with Crippen LogP contribution in [-0.4, -0.2) is 36.0 Å². The average Bonchev–Trinajstić information content (AvgIpc) is 2.86. The van der Waals surface area contributed by atoms with E-state index in [0.29, 0.717) is 6.54 Å². The fourth-order valence-corrected chi connectivity index (χ4v) is 4.43. The van der Waals surface area contributed by atoms with E-state index in [4.69, 9.17) is 4.74 Å². The summed E-state index contributed by atoms with van der Waals surface area (Å²) < 4.78 is 5.57. The Bertz CT molecular complexity index is 328. The van der Waals surface area contributed by atoms with E-state index in [1.807, 2.05) is 13.8 Å². The zero-order valence-corrected chi connectivity index (χ0v) is 14.2. The number of hydrogen-bond acceptors (Lipinski definition) is 5. The van der Waals surface area contributed by atoms with Gasteiger partial charge in [0.15, 0.2) is 0 Å². The molecule has 0 saturated heterocycles. The molecule has 1 saturated carbocycles. The van der Waals surface area contributed by atoms with Crippen molar-refractivity contribution in [1.29, 1.82) is 0 Å². The van der Waals surface area contributed by atoms with Crippen molar-refractivity contribution in [2.45, 2.75) is 52.6 Å². The van der Waals surface area contributed by atoms with Gasteiger partial charge in [-0.3, -0.25) is 9.59 Å². The van der Waals surface area contributed by atoms with Gasteiger partial charge in [0.2, 0.25) is 5.91 Å². The molecular formula is C14H25NO3S2. The summed E-state index contributed by atoms with van der Waals surface area (Å²) in [5.74, 6) is 1.48. The van der Waals surface area contributed by atoms with Gasteiger partial charge in [0.1, 0.15) is 6.10 Å². The van der Waals surface area contributed by atoms with E-state index in [9.17, 15) is 9.59 Å². The first kappa shape index (κ1) is 17.7. The van der Waals surface area contributed by atoms with Crippen molar-refractivity contribution in [2.24, 2.45) is 5.41 Å². The Morgan fingerprint density at radius 1 is 1.25 bits per heavy atom. The Hall–Kier alpha value is -0.360. The smallest absolute Gasteiger partial charge is 0.312 e. The van der Waals surface area contributed by atoms with Crippen molar-refractivity contribution in [2.75, 3.05) is 18.1 Å². The third-order valence-electron chi connectivity index (χ3n) is 3.19. The number of rotatable bonds is 8. The third-order valence-corrected chi connectivity index (χ3v) is 5.92. The Balaban J connectivity index is 2.15. The molecule has 4 nitrogen and oxygen atoms in total. The molecule has 0 heterocycles. The highest BCUT2D eigenvalue weighted by molar-refractivity contribution is 8.76. The van der Waals surface area contributed by atoms with Crippen LogP contribution < -0.4 is 5.32 Å². The molecule has 1 N–H and O–H groups in total. The Labute approximate surface area is 129 Å². The number of carbonyl (C=O) groups excluding carboxylic acids is 2. The molecule has 0 unspecified atom stereocenters. The standard InChI is InChI=1S/C14H25NO3S2/c1-11(16)15-8-9-19-20-10-14(2,3)13(17)18-12-6-4-5-7-12/h12H,4-10H2,1-3H3,(H,15,16). The van der Waals surface area contributed by atoms with E-state index in [2.05, 4.69) is 5.32 Å². The molecule has 0 aromatic heterocycles. The lowest BCUT2D eigenvalue weighted by Gasteiger charge is -2.24. The summed E-state index contributed by atoms with van der Waals surface area (Å²) in [4.78, 5) is 22.8. The Kier molecular flexibility index (Phi) is 7.80. The highest BCUT2D eigenvalue weighted by atomic mass is 33.1. The maximum atomic E-state index is 12.1. The molecule has 0 spiro atoms. The van der Waals surface area contributed by atoms with E-state index >= 15 is 0 Å². The maximum Gasteiger partial charge on any atom is 0.312 e. The van der Waals surface area contributed by atoms with Gasteiger partial charge >= 0.3 is 5.97 Å². The SMILES string of the molecule is CC(=O)NCCSSCC(C)(C)C(=O)OC1CCCC1. The number of amides is 1. The van der Waals surface area contributed by atoms with E-state index in [-0.39, 0.29) is 18.0 Å². The van der Waals surface area contributed by atoms with Crippen molar-refractivity contribution in [3.05, 3.63) is 0 Å². The molecule has 0 radical (unpaired) electrons. The van der Waals surface area contributed by atoms with Gasteiger partial charge in [-0.1, -0.05) is 21.6 Å². The van der Waals surface area contributed by atoms with Gasteiger partial charge < -0.3 is 10.1 Å². The zero-order chi connectivity index (χ0) is 15.0. The molecule has 20 heavy (non-hydrogen) atoms. The van der Waals surface area contributed by atoms with Gasteiger partial charge in [0.25, 0.3) is 0 Å². The van der Waals surface area contributed by atoms with Crippen LogP contribution in [0.4, 0.5) is 0 Å². The lowest BCUT2D eigenvalue weighted by molar-refractivity contribution is -0.157. The number of nitrogens with one attached hydrogen (secondary N) is 1. The molecule has 0 aromatic rings. The van der Waals surface area contributed by atoms with Crippen molar-refractivity contribution in [1.82, 2.24) is 5.32 Å². The number of carbonyl (C=O) groups is 2. The van der Waals surface area contributed by atoms with Crippen LogP contribution in [0.3, 0.4) is 0 Å². The lowest BCUT2D eigenvalue weighted by atomic mass is 9.97. The second kappa shape index (κ2) is 8.82. The monoisotopic (exact) mass is 319 g/mol. The van der Waals surface area contributed by atoms with Crippen LogP contribution in [0.5, 0.6) is 0 Å². The van der Waals surface area contributed by atoms with Gasteiger partial charge in [-0.25, -0.2) is 0 Å². The molecule has 1 fully saturated rings. The second-order valence-corrected chi connectivity index (χ2v) is 8.35. The van der Waals surface area contributed by atoms with Crippen molar-refractivity contribution in [3.63, 3.8) is 0 Å². The van der Waals surface area contributed by atoms with Gasteiger partial charge in [0, 0.05) is 25.0 Å². The average molecular weight is 319 g/mol. The van der Waals surface area contributed by atoms with Crippen molar-refractivity contribution in [3.8, 4) is 0 Å². The highest BCUT2D eigenvalue weighted by Gasteiger charge is 2.32. The molecule has 1 aliphatic rings. The number of ether oxygens (including phenoxy) is 1. The summed E-state index contributed by atoms with van der Waals surface area (Å²) in [6.07, 6.45) is 4.51. The normalized spacial score (nSPS) is 16.1. The molecule has 0 aliphatic heterocycles. The minimum absolute atomic E-state index is 0.00364. The van der Waals surface area contributed by atoms with Gasteiger partial charge in [-0.2, -0.15) is 0 Å². The summed E-state index contributed by atoms with van der Waals surface area (Å²) in [7, 11) is 3.34. The second-order valence-electron chi connectivity index (χ2n) is 5.76. The quantitative estimate of drug-likeness (QED) is 0.423. The molecule has 1 aliphatic carbocycles. The predicted molar refractivity (Wildman–Crippen MR) is 85.7 cm³/mol. The minimum atomic E-state index is -0.450. The summed E-state index contributed by atoms with van der Waals surface area (Å²) in [6.45, 7) is 6.05. The molecular weight excluding hydrogens is 294 g/mol. The fourth-order valence-electron chi connectivity index (χ4n) is 1.89. The molecule has 0 bridgehead atoms. The lowest BCUT2D eigenvalue weighted by Crippen LogP contribution is -2.31. The maximum absolute atomic E-state index is 12.1. The van der Waals surface area contributed by atoms with E-state index in [0.717, 1.165) is 24.3 Å². The van der Waals surface area contributed by atoms with Crippen LogP contribution in [0.25, 0.3) is 0 Å². The van der Waals surface area contributed by atoms with E-state index in [1.165, 1.54) is 19.8 Å². The van der Waals surface area contributed by atoms with Crippen LogP contribution in [0.15, 0.2) is 0 Å². The van der Waals surface area contributed by atoms with Gasteiger partial charge in [-0.15, -0.1) is 0 Å². The molecule has 6 heteroatoms. The Morgan fingerprint density at radius 2 is 1.90 bits per heavy atom. The first-order chi connectivity index (χ1) is 9.42. The largest absolute Gasteiger partial charge is 0.462 e. The molecule has 0 aromatic carbocycles. The van der Waals surface area contributed by atoms with Crippen LogP contribution in [0.1, 0.15) is 46.5 Å². The van der Waals surface area contributed by atoms with Crippen LogP contribution >= 0.6 is 21.6 Å². The molecule has 0 atom stereocenters. The summed E-state index contributed by atoms with van der Waals surface area (Å²) >= 11 is 0. The third kappa shape index (κ3) is 6.88. The minimum Gasteiger partial charge on any atom is -0.462 e. The summed E-state index contributed by atoms with van der Waals surface area (Å²) in [6, 6.07) is 0. The number of hydrogen-bond donors (Lipinski definition) is 1. The van der Waals surface area contributed by atoms with Crippen LogP contribution in [-0.2, 0) is 14.3 Å². The predicted octanol–water partition coefficient (Wildman–Crippen LogP) is 3.02. The van der Waals surface area contributed by atoms with E-state index < -0.39 is 5.41 Å². The van der Waals surface area contributed by atoms with Gasteiger partial charge in [-0.05, 0) is 39.5 Å². The highest BCUT2D eigenvalue weighted by Crippen LogP contribution is 2.32. The first-order valence-electron chi connectivity index (χ1n) is 7.12. The molecule has 1 amide bonds. The summed E-state index contributed by atoms with van der Waals surface area (Å²) in [5, 5.41) is 2.75. The topological polar surface area (TPSA) is 55.4 Å². The first-order valence-corrected chi connectivity index (χ1v) is 9.60. The van der Waals surface area contributed by atoms with Crippen molar-refractivity contribution >= 4 is 33.5 Å². The van der Waals surface area contributed by atoms with Crippen LogP contribution in [0.2, 0.25) is 0 Å². The molecule has 1 rings (SSSR count). The molecule has 116 valence electrons. The fraction of sp³-hybridized carbons (Fsp3) is 0.857. The summed E-state index contributed by atoms with van der Waals surface area (Å²) in [5.41, 5.74) is -0.450. The van der Waals surface area contributed by atoms with Gasteiger partial charge in [0.05, 0.1) is 5.41 Å². The van der Waals surface area contributed by atoms with E-state index in [1.54, 1.807) is 21.6 Å². The zero-order valence-electron chi connectivity index (χ0n) is 12.6. The number of esters is 1. The van der Waals surface area contributed by atoms with Crippen molar-refractivity contribution < 1.29 is 14.3 Å².